The van der Waals surface area contributed by atoms with Crippen LogP contribution in [0.15, 0.2) is 23.2 Å². The topological polar surface area (TPSA) is 24.9 Å². The average Bonchev–Trinajstić information content (AvgIpc) is 2.36. The first kappa shape index (κ1) is 15.5. The molecule has 0 aromatic carbocycles. The zero-order valence-corrected chi connectivity index (χ0v) is 12.9. The number of thioether (sulfide) groups is 1. The predicted octanol–water partition coefficient (Wildman–Crippen LogP) is 4.28. The summed E-state index contributed by atoms with van der Waals surface area (Å²) in [7, 11) is 0. The van der Waals surface area contributed by atoms with Gasteiger partial charge in [-0.3, -0.25) is 4.98 Å². The van der Waals surface area contributed by atoms with E-state index in [0.29, 0.717) is 6.04 Å². The van der Waals surface area contributed by atoms with E-state index in [4.69, 9.17) is 0 Å². The summed E-state index contributed by atoms with van der Waals surface area (Å²) < 4.78 is 0. The highest BCUT2D eigenvalue weighted by molar-refractivity contribution is 7.99. The normalized spacial score (nSPS) is 12.9. The summed E-state index contributed by atoms with van der Waals surface area (Å²) in [4.78, 5) is 5.87. The van der Waals surface area contributed by atoms with Crippen molar-refractivity contribution in [1.29, 1.82) is 0 Å². The van der Waals surface area contributed by atoms with Gasteiger partial charge in [0.15, 0.2) is 0 Å². The number of pyridine rings is 1. The molecule has 0 bridgehead atoms. The molecule has 1 atom stereocenters. The molecule has 1 heterocycles. The lowest BCUT2D eigenvalue weighted by Gasteiger charge is -2.15. The smallest absolute Gasteiger partial charge is 0.0573 e. The zero-order valence-electron chi connectivity index (χ0n) is 12.1. The Bertz CT molecular complexity index is 322. The first-order valence-electron chi connectivity index (χ1n) is 6.99. The largest absolute Gasteiger partial charge is 0.309 e. The summed E-state index contributed by atoms with van der Waals surface area (Å²) in [5.74, 6) is 1.96. The molecule has 0 aliphatic carbocycles. The first-order valence-corrected chi connectivity index (χ1v) is 7.98. The van der Waals surface area contributed by atoms with E-state index in [1.165, 1.54) is 17.1 Å². The van der Waals surface area contributed by atoms with Crippen LogP contribution in [-0.2, 0) is 0 Å². The van der Waals surface area contributed by atoms with Crippen molar-refractivity contribution in [2.75, 3.05) is 12.3 Å². The molecule has 1 N–H and O–H groups in total. The molecule has 0 spiro atoms. The highest BCUT2D eigenvalue weighted by Gasteiger charge is 2.08. The number of nitrogens with zero attached hydrogens (tertiary/aromatic N) is 1. The molecule has 18 heavy (non-hydrogen) atoms. The Morgan fingerprint density at radius 2 is 2.06 bits per heavy atom. The average molecular weight is 266 g/mol. The summed E-state index contributed by atoms with van der Waals surface area (Å²) in [6.07, 6.45) is 4.36. The highest BCUT2D eigenvalue weighted by Crippen LogP contribution is 2.22. The maximum absolute atomic E-state index is 4.58. The van der Waals surface area contributed by atoms with Gasteiger partial charge < -0.3 is 5.32 Å². The minimum Gasteiger partial charge on any atom is -0.309 e. The molecule has 1 unspecified atom stereocenters. The number of hydrogen-bond donors (Lipinski definition) is 1. The minimum atomic E-state index is 0.393. The van der Waals surface area contributed by atoms with E-state index >= 15 is 0 Å². The van der Waals surface area contributed by atoms with Gasteiger partial charge >= 0.3 is 0 Å². The van der Waals surface area contributed by atoms with E-state index in [9.17, 15) is 0 Å². The van der Waals surface area contributed by atoms with E-state index in [1.807, 2.05) is 18.0 Å². The van der Waals surface area contributed by atoms with Gasteiger partial charge in [0.05, 0.1) is 5.69 Å². The van der Waals surface area contributed by atoms with Gasteiger partial charge in [-0.25, -0.2) is 0 Å². The molecular formula is C15H26N2S. The quantitative estimate of drug-likeness (QED) is 0.711. The van der Waals surface area contributed by atoms with Crippen molar-refractivity contribution in [3.63, 3.8) is 0 Å². The number of nitrogens with one attached hydrogen (secondary N) is 1. The van der Waals surface area contributed by atoms with E-state index in [1.54, 1.807) is 0 Å². The lowest BCUT2D eigenvalue weighted by molar-refractivity contribution is 0.524. The summed E-state index contributed by atoms with van der Waals surface area (Å²) >= 11 is 1.91. The molecule has 0 aliphatic heterocycles. The molecule has 2 nitrogen and oxygen atoms in total. The van der Waals surface area contributed by atoms with Crippen LogP contribution < -0.4 is 5.32 Å². The summed E-state index contributed by atoms with van der Waals surface area (Å²) in [5, 5.41) is 3.46. The molecule has 3 heteroatoms. The second kappa shape index (κ2) is 8.54. The van der Waals surface area contributed by atoms with E-state index < -0.39 is 0 Å². The first-order chi connectivity index (χ1) is 8.67. The second-order valence-electron chi connectivity index (χ2n) is 4.97. The van der Waals surface area contributed by atoms with E-state index in [-0.39, 0.29) is 0 Å². The van der Waals surface area contributed by atoms with Crippen LogP contribution in [0.25, 0.3) is 0 Å². The van der Waals surface area contributed by atoms with Gasteiger partial charge in [0.25, 0.3) is 0 Å². The van der Waals surface area contributed by atoms with Gasteiger partial charge in [0.2, 0.25) is 0 Å². The van der Waals surface area contributed by atoms with Crippen LogP contribution in [0.3, 0.4) is 0 Å². The van der Waals surface area contributed by atoms with Crippen molar-refractivity contribution in [2.45, 2.75) is 51.5 Å². The van der Waals surface area contributed by atoms with Crippen LogP contribution in [0.1, 0.15) is 52.3 Å². The van der Waals surface area contributed by atoms with Crippen LogP contribution >= 0.6 is 11.8 Å². The molecule has 102 valence electrons. The lowest BCUT2D eigenvalue weighted by atomic mass is 10.1. The Balaban J connectivity index is 2.50. The van der Waals surface area contributed by atoms with Crippen molar-refractivity contribution < 1.29 is 0 Å². The number of aromatic nitrogens is 1. The summed E-state index contributed by atoms with van der Waals surface area (Å²) in [6, 6.07) is 4.76. The fourth-order valence-electron chi connectivity index (χ4n) is 1.80. The molecule has 1 rings (SSSR count). The molecule has 0 fully saturated rings. The monoisotopic (exact) mass is 266 g/mol. The number of hydrogen-bond acceptors (Lipinski definition) is 3. The third kappa shape index (κ3) is 5.40. The van der Waals surface area contributed by atoms with Gasteiger partial charge in [-0.15, -0.1) is 11.8 Å². The van der Waals surface area contributed by atoms with Gasteiger partial charge in [-0.2, -0.15) is 0 Å². The van der Waals surface area contributed by atoms with Crippen LogP contribution in [0.5, 0.6) is 0 Å². The van der Waals surface area contributed by atoms with Gasteiger partial charge in [0.1, 0.15) is 0 Å². The lowest BCUT2D eigenvalue weighted by Crippen LogP contribution is -2.20. The van der Waals surface area contributed by atoms with Crippen LogP contribution in [0.4, 0.5) is 0 Å². The molecule has 0 radical (unpaired) electrons. The maximum atomic E-state index is 4.58. The summed E-state index contributed by atoms with van der Waals surface area (Å²) in [5.41, 5.74) is 1.16. The van der Waals surface area contributed by atoms with Gasteiger partial charge in [0, 0.05) is 17.1 Å². The Morgan fingerprint density at radius 3 is 2.56 bits per heavy atom. The standard InChI is InChI=1S/C15H26N2S/c1-5-14(16-6-2)15-8-7-13(11-17-15)18-10-9-12(3)4/h7-8,11-12,14,16H,5-6,9-10H2,1-4H3. The summed E-state index contributed by atoms with van der Waals surface area (Å²) in [6.45, 7) is 9.86. The van der Waals surface area contributed by atoms with Crippen LogP contribution in [-0.4, -0.2) is 17.3 Å². The SMILES string of the molecule is CCNC(CC)c1ccc(SCCC(C)C)cn1. The molecule has 0 saturated heterocycles. The Morgan fingerprint density at radius 1 is 1.28 bits per heavy atom. The van der Waals surface area contributed by atoms with E-state index in [0.717, 1.165) is 24.6 Å². The minimum absolute atomic E-state index is 0.393. The van der Waals surface area contributed by atoms with Crippen molar-refractivity contribution in [1.82, 2.24) is 10.3 Å². The molecule has 0 saturated carbocycles. The van der Waals surface area contributed by atoms with Gasteiger partial charge in [-0.1, -0.05) is 27.7 Å². The van der Waals surface area contributed by atoms with Crippen molar-refractivity contribution in [2.24, 2.45) is 5.92 Å². The fourth-order valence-corrected chi connectivity index (χ4v) is 2.92. The van der Waals surface area contributed by atoms with Crippen LogP contribution in [0, 0.1) is 5.92 Å². The third-order valence-corrected chi connectivity index (χ3v) is 3.95. The van der Waals surface area contributed by atoms with Crippen molar-refractivity contribution in [3.05, 3.63) is 24.0 Å². The Hall–Kier alpha value is -0.540. The highest BCUT2D eigenvalue weighted by atomic mass is 32.2. The third-order valence-electron chi connectivity index (χ3n) is 2.94. The number of rotatable bonds is 8. The molecule has 0 amide bonds. The van der Waals surface area contributed by atoms with Crippen molar-refractivity contribution in [3.8, 4) is 0 Å². The predicted molar refractivity (Wildman–Crippen MR) is 81.1 cm³/mol. The maximum Gasteiger partial charge on any atom is 0.0573 e. The molecular weight excluding hydrogens is 240 g/mol. The second-order valence-corrected chi connectivity index (χ2v) is 6.14. The van der Waals surface area contributed by atoms with Gasteiger partial charge in [-0.05, 0) is 43.2 Å². The van der Waals surface area contributed by atoms with Crippen LogP contribution in [0.2, 0.25) is 0 Å². The van der Waals surface area contributed by atoms with E-state index in [2.05, 4.69) is 50.1 Å². The molecule has 0 aliphatic rings. The van der Waals surface area contributed by atoms with Crippen molar-refractivity contribution >= 4 is 11.8 Å². The Labute approximate surface area is 116 Å². The molecule has 1 aromatic rings. The fraction of sp³-hybridized carbons (Fsp3) is 0.667. The molecule has 1 aromatic heterocycles. The Kier molecular flexibility index (Phi) is 7.36. The zero-order chi connectivity index (χ0) is 13.4.